The summed E-state index contributed by atoms with van der Waals surface area (Å²) in [6.07, 6.45) is 0. The normalized spacial score (nSPS) is 10.0. The zero-order chi connectivity index (χ0) is 6.57. The number of rotatable bonds is 3. The molecule has 0 aromatic heterocycles. The van der Waals surface area contributed by atoms with Crippen LogP contribution in [0.25, 0.3) is 0 Å². The van der Waals surface area contributed by atoms with E-state index in [4.69, 9.17) is 0 Å². The van der Waals surface area contributed by atoms with Crippen molar-refractivity contribution in [1.29, 1.82) is 0 Å². The lowest BCUT2D eigenvalue weighted by Crippen LogP contribution is -2.31. The molecule has 0 radical (unpaired) electrons. The van der Waals surface area contributed by atoms with Crippen molar-refractivity contribution in [2.24, 2.45) is 0 Å². The summed E-state index contributed by atoms with van der Waals surface area (Å²) >= 11 is 0. The van der Waals surface area contributed by atoms with Gasteiger partial charge in [-0.25, -0.2) is 0 Å². The molecule has 0 aromatic carbocycles. The van der Waals surface area contributed by atoms with Crippen molar-refractivity contribution in [3.05, 3.63) is 12.2 Å². The third-order valence-electron chi connectivity index (χ3n) is 0.697. The zero-order valence-electron chi connectivity index (χ0n) is 5.86. The largest absolute Gasteiger partial charge is 0.252 e. The van der Waals surface area contributed by atoms with Crippen molar-refractivity contribution in [3.8, 4) is 0 Å². The Morgan fingerprint density at radius 2 is 2.12 bits per heavy atom. The average molecular weight is 114 g/mol. The molecule has 0 aliphatic heterocycles. The maximum atomic E-state index is 3.74. The van der Waals surface area contributed by atoms with E-state index in [1.807, 2.05) is 26.0 Å². The monoisotopic (exact) mass is 114 g/mol. The Labute approximate surface area is 51.2 Å². The summed E-state index contributed by atoms with van der Waals surface area (Å²) in [6.45, 7) is 6.60. The highest BCUT2D eigenvalue weighted by Crippen LogP contribution is 1.80. The summed E-state index contributed by atoms with van der Waals surface area (Å²) in [7, 11) is 3.92. The number of nitrogens with zero attached hydrogens (tertiary/aromatic N) is 1. The molecule has 0 unspecified atom stereocenters. The lowest BCUT2D eigenvalue weighted by molar-refractivity contribution is 0.303. The molecule has 8 heavy (non-hydrogen) atoms. The maximum absolute atomic E-state index is 3.74. The van der Waals surface area contributed by atoms with Gasteiger partial charge in [0.1, 0.15) is 0 Å². The summed E-state index contributed by atoms with van der Waals surface area (Å²) in [5.41, 5.74) is 4.23. The van der Waals surface area contributed by atoms with Crippen LogP contribution in [0.5, 0.6) is 0 Å². The molecular formula is C6H14N2. The number of hydrogen-bond donors (Lipinski definition) is 1. The fourth-order valence-corrected chi connectivity index (χ4v) is 0.293. The SMILES string of the molecule is C=C(C)CNN(C)C. The van der Waals surface area contributed by atoms with Crippen LogP contribution in [0.4, 0.5) is 0 Å². The second kappa shape index (κ2) is 3.64. The van der Waals surface area contributed by atoms with E-state index in [1.54, 1.807) is 0 Å². The van der Waals surface area contributed by atoms with E-state index in [0.717, 1.165) is 12.1 Å². The van der Waals surface area contributed by atoms with Gasteiger partial charge in [0, 0.05) is 20.6 Å². The Morgan fingerprint density at radius 1 is 1.62 bits per heavy atom. The van der Waals surface area contributed by atoms with Gasteiger partial charge >= 0.3 is 0 Å². The highest BCUT2D eigenvalue weighted by Gasteiger charge is 1.84. The van der Waals surface area contributed by atoms with E-state index in [-0.39, 0.29) is 0 Å². The molecule has 48 valence electrons. The number of nitrogens with one attached hydrogen (secondary N) is 1. The molecule has 0 aromatic rings. The van der Waals surface area contributed by atoms with Crippen LogP contribution >= 0.6 is 0 Å². The first kappa shape index (κ1) is 7.66. The first-order chi connectivity index (χ1) is 3.63. The highest BCUT2D eigenvalue weighted by molar-refractivity contribution is 4.89. The molecule has 0 heterocycles. The maximum Gasteiger partial charge on any atom is 0.0307 e. The second-order valence-corrected chi connectivity index (χ2v) is 2.19. The summed E-state index contributed by atoms with van der Waals surface area (Å²) in [4.78, 5) is 0. The molecule has 0 rings (SSSR count). The molecule has 0 aliphatic carbocycles. The van der Waals surface area contributed by atoms with Crippen molar-refractivity contribution in [3.63, 3.8) is 0 Å². The van der Waals surface area contributed by atoms with Crippen LogP contribution in [-0.4, -0.2) is 25.6 Å². The molecular weight excluding hydrogens is 100 g/mol. The molecule has 2 heteroatoms. The van der Waals surface area contributed by atoms with E-state index in [2.05, 4.69) is 12.0 Å². The first-order valence-electron chi connectivity index (χ1n) is 2.68. The van der Waals surface area contributed by atoms with Crippen molar-refractivity contribution >= 4 is 0 Å². The van der Waals surface area contributed by atoms with Crippen LogP contribution in [0.2, 0.25) is 0 Å². The van der Waals surface area contributed by atoms with Gasteiger partial charge in [-0.3, -0.25) is 10.4 Å². The van der Waals surface area contributed by atoms with Gasteiger partial charge in [0.05, 0.1) is 0 Å². The highest BCUT2D eigenvalue weighted by atomic mass is 15.5. The van der Waals surface area contributed by atoms with Crippen LogP contribution in [-0.2, 0) is 0 Å². The summed E-state index contributed by atoms with van der Waals surface area (Å²) in [5, 5.41) is 1.91. The van der Waals surface area contributed by atoms with Crippen LogP contribution in [0, 0.1) is 0 Å². The van der Waals surface area contributed by atoms with Crippen LogP contribution in [0.1, 0.15) is 6.92 Å². The van der Waals surface area contributed by atoms with Gasteiger partial charge in [0.25, 0.3) is 0 Å². The molecule has 2 nitrogen and oxygen atoms in total. The summed E-state index contributed by atoms with van der Waals surface area (Å²) in [5.74, 6) is 0. The van der Waals surface area contributed by atoms with E-state index in [0.29, 0.717) is 0 Å². The lowest BCUT2D eigenvalue weighted by Gasteiger charge is -2.10. The molecule has 0 saturated heterocycles. The fraction of sp³-hybridized carbons (Fsp3) is 0.667. The zero-order valence-corrected chi connectivity index (χ0v) is 5.86. The summed E-state index contributed by atoms with van der Waals surface area (Å²) in [6, 6.07) is 0. The van der Waals surface area contributed by atoms with E-state index >= 15 is 0 Å². The van der Waals surface area contributed by atoms with E-state index in [1.165, 1.54) is 0 Å². The van der Waals surface area contributed by atoms with Crippen LogP contribution < -0.4 is 5.43 Å². The predicted octanol–water partition coefficient (Wildman–Crippen LogP) is 0.629. The molecule has 0 bridgehead atoms. The van der Waals surface area contributed by atoms with Crippen LogP contribution in [0.3, 0.4) is 0 Å². The van der Waals surface area contributed by atoms with Gasteiger partial charge in [-0.1, -0.05) is 12.2 Å². The summed E-state index contributed by atoms with van der Waals surface area (Å²) < 4.78 is 0. The van der Waals surface area contributed by atoms with Crippen molar-refractivity contribution in [2.45, 2.75) is 6.92 Å². The minimum Gasteiger partial charge on any atom is -0.252 e. The molecule has 0 amide bonds. The van der Waals surface area contributed by atoms with E-state index < -0.39 is 0 Å². The quantitative estimate of drug-likeness (QED) is 0.427. The molecule has 0 saturated carbocycles. The molecule has 0 atom stereocenters. The Morgan fingerprint density at radius 3 is 2.25 bits per heavy atom. The number of hydrazine groups is 1. The molecule has 1 N–H and O–H groups in total. The van der Waals surface area contributed by atoms with Crippen molar-refractivity contribution < 1.29 is 0 Å². The first-order valence-corrected chi connectivity index (χ1v) is 2.68. The molecule has 0 fully saturated rings. The van der Waals surface area contributed by atoms with Crippen LogP contribution in [0.15, 0.2) is 12.2 Å². The van der Waals surface area contributed by atoms with Gasteiger partial charge in [-0.15, -0.1) is 0 Å². The fourth-order valence-electron chi connectivity index (χ4n) is 0.293. The molecule has 0 spiro atoms. The Kier molecular flexibility index (Phi) is 3.48. The Hall–Kier alpha value is -0.340. The number of hydrogen-bond acceptors (Lipinski definition) is 2. The standard InChI is InChI=1S/C6H14N2/c1-6(2)5-7-8(3)4/h7H,1,5H2,2-4H3. The van der Waals surface area contributed by atoms with Crippen molar-refractivity contribution in [2.75, 3.05) is 20.6 Å². The van der Waals surface area contributed by atoms with Gasteiger partial charge in [0.2, 0.25) is 0 Å². The lowest BCUT2D eigenvalue weighted by atomic mass is 10.4. The second-order valence-electron chi connectivity index (χ2n) is 2.19. The predicted molar refractivity (Wildman–Crippen MR) is 36.5 cm³/mol. The molecule has 0 aliphatic rings. The topological polar surface area (TPSA) is 15.3 Å². The van der Waals surface area contributed by atoms with Gasteiger partial charge in [-0.05, 0) is 6.92 Å². The van der Waals surface area contributed by atoms with Gasteiger partial charge < -0.3 is 0 Å². The minimum absolute atomic E-state index is 0.868. The Balaban J connectivity index is 3.05. The van der Waals surface area contributed by atoms with Gasteiger partial charge in [-0.2, -0.15) is 0 Å². The average Bonchev–Trinajstić information content (AvgIpc) is 1.61. The smallest absolute Gasteiger partial charge is 0.0307 e. The third-order valence-corrected chi connectivity index (χ3v) is 0.697. The minimum atomic E-state index is 0.868. The van der Waals surface area contributed by atoms with E-state index in [9.17, 15) is 0 Å². The Bertz CT molecular complexity index is 76.6. The van der Waals surface area contributed by atoms with Crippen molar-refractivity contribution in [1.82, 2.24) is 10.4 Å². The van der Waals surface area contributed by atoms with Gasteiger partial charge in [0.15, 0.2) is 0 Å². The third kappa shape index (κ3) is 5.66.